The van der Waals surface area contributed by atoms with Crippen molar-refractivity contribution in [2.45, 2.75) is 5.37 Å². The Hall–Kier alpha value is -1.33. The highest BCUT2D eigenvalue weighted by Crippen LogP contribution is 2.38. The van der Waals surface area contributed by atoms with Gasteiger partial charge in [-0.05, 0) is 29.1 Å². The minimum absolute atomic E-state index is 0.0283. The van der Waals surface area contributed by atoms with Crippen LogP contribution in [0.15, 0.2) is 41.1 Å². The monoisotopic (exact) mass is 293 g/mol. The van der Waals surface area contributed by atoms with E-state index in [0.717, 1.165) is 11.3 Å². The molecule has 2 heterocycles. The summed E-state index contributed by atoms with van der Waals surface area (Å²) in [4.78, 5) is 14.2. The lowest BCUT2D eigenvalue weighted by atomic mass is 10.2. The van der Waals surface area contributed by atoms with Crippen LogP contribution in [0.5, 0.6) is 0 Å². The molecule has 1 atom stereocenters. The maximum Gasteiger partial charge on any atom is 0.255 e. The quantitative estimate of drug-likeness (QED) is 0.840. The Bertz CT molecular complexity index is 585. The zero-order valence-electron chi connectivity index (χ0n) is 10.1. The van der Waals surface area contributed by atoms with Crippen molar-refractivity contribution in [3.8, 4) is 0 Å². The fourth-order valence-electron chi connectivity index (χ4n) is 2.17. The third-order valence-electron chi connectivity index (χ3n) is 3.05. The summed E-state index contributed by atoms with van der Waals surface area (Å²) in [6.45, 7) is 0.709. The van der Waals surface area contributed by atoms with Gasteiger partial charge in [0.2, 0.25) is 0 Å². The molecule has 98 valence electrons. The first-order valence-corrected chi connectivity index (χ1v) is 7.95. The van der Waals surface area contributed by atoms with Gasteiger partial charge in [-0.2, -0.15) is 11.3 Å². The average Bonchev–Trinajstić information content (AvgIpc) is 3.09. The first-order chi connectivity index (χ1) is 9.25. The standard InChI is InChI=1S/C14H12FNOS2/c15-12-3-1-2-10(8-12)14-16(5-7-19-14)13(17)11-4-6-18-9-11/h1-4,6,8-9,14H,5,7H2. The van der Waals surface area contributed by atoms with Crippen molar-refractivity contribution in [2.75, 3.05) is 12.3 Å². The highest BCUT2D eigenvalue weighted by atomic mass is 32.2. The van der Waals surface area contributed by atoms with Gasteiger partial charge in [-0.25, -0.2) is 4.39 Å². The van der Waals surface area contributed by atoms with Gasteiger partial charge in [0, 0.05) is 17.7 Å². The molecule has 0 aliphatic carbocycles. The maximum atomic E-state index is 13.3. The average molecular weight is 293 g/mol. The number of thiophene rings is 1. The van der Waals surface area contributed by atoms with E-state index in [0.29, 0.717) is 12.1 Å². The number of carbonyl (C=O) groups excluding carboxylic acids is 1. The van der Waals surface area contributed by atoms with Crippen molar-refractivity contribution >= 4 is 29.0 Å². The van der Waals surface area contributed by atoms with Crippen LogP contribution in [0.3, 0.4) is 0 Å². The molecule has 1 amide bonds. The van der Waals surface area contributed by atoms with Crippen LogP contribution < -0.4 is 0 Å². The molecule has 0 saturated carbocycles. The lowest BCUT2D eigenvalue weighted by Gasteiger charge is -2.23. The second-order valence-corrected chi connectivity index (χ2v) is 6.26. The van der Waals surface area contributed by atoms with Gasteiger partial charge in [-0.15, -0.1) is 11.8 Å². The zero-order chi connectivity index (χ0) is 13.2. The van der Waals surface area contributed by atoms with E-state index in [1.54, 1.807) is 17.8 Å². The summed E-state index contributed by atoms with van der Waals surface area (Å²) in [5.74, 6) is 0.658. The molecule has 0 spiro atoms. The van der Waals surface area contributed by atoms with E-state index in [4.69, 9.17) is 0 Å². The number of rotatable bonds is 2. The van der Waals surface area contributed by atoms with Gasteiger partial charge >= 0.3 is 0 Å². The van der Waals surface area contributed by atoms with E-state index in [9.17, 15) is 9.18 Å². The van der Waals surface area contributed by atoms with Gasteiger partial charge in [-0.1, -0.05) is 12.1 Å². The summed E-state index contributed by atoms with van der Waals surface area (Å²) in [7, 11) is 0. The molecule has 2 aromatic rings. The van der Waals surface area contributed by atoms with Crippen LogP contribution in [-0.4, -0.2) is 23.1 Å². The van der Waals surface area contributed by atoms with Gasteiger partial charge in [-0.3, -0.25) is 4.79 Å². The van der Waals surface area contributed by atoms with E-state index < -0.39 is 0 Å². The summed E-state index contributed by atoms with van der Waals surface area (Å²) in [5.41, 5.74) is 1.57. The summed E-state index contributed by atoms with van der Waals surface area (Å²) < 4.78 is 13.3. The highest BCUT2D eigenvalue weighted by Gasteiger charge is 2.31. The van der Waals surface area contributed by atoms with Crippen LogP contribution in [0.4, 0.5) is 4.39 Å². The zero-order valence-corrected chi connectivity index (χ0v) is 11.7. The number of amides is 1. The SMILES string of the molecule is O=C(c1ccsc1)N1CCSC1c1cccc(F)c1. The van der Waals surface area contributed by atoms with Crippen molar-refractivity contribution in [2.24, 2.45) is 0 Å². The summed E-state index contributed by atoms with van der Waals surface area (Å²) >= 11 is 3.19. The predicted octanol–water partition coefficient (Wildman–Crippen LogP) is 3.78. The fraction of sp³-hybridized carbons (Fsp3) is 0.214. The molecule has 1 aromatic carbocycles. The smallest absolute Gasteiger partial charge is 0.255 e. The molecule has 3 rings (SSSR count). The minimum Gasteiger partial charge on any atom is -0.322 e. The van der Waals surface area contributed by atoms with Crippen molar-refractivity contribution in [1.82, 2.24) is 4.90 Å². The molecule has 1 aromatic heterocycles. The van der Waals surface area contributed by atoms with Crippen LogP contribution in [0.2, 0.25) is 0 Å². The summed E-state index contributed by atoms with van der Waals surface area (Å²) in [6.07, 6.45) is 0. The molecule has 2 nitrogen and oxygen atoms in total. The van der Waals surface area contributed by atoms with Crippen LogP contribution in [0, 0.1) is 5.82 Å². The maximum absolute atomic E-state index is 13.3. The molecule has 5 heteroatoms. The third-order valence-corrected chi connectivity index (χ3v) is 5.00. The summed E-state index contributed by atoms with van der Waals surface area (Å²) in [5, 5.41) is 3.67. The van der Waals surface area contributed by atoms with E-state index >= 15 is 0 Å². The van der Waals surface area contributed by atoms with Crippen molar-refractivity contribution in [3.63, 3.8) is 0 Å². The Balaban J connectivity index is 1.88. The second-order valence-electron chi connectivity index (χ2n) is 4.29. The molecule has 1 unspecified atom stereocenters. The number of hydrogen-bond donors (Lipinski definition) is 0. The van der Waals surface area contributed by atoms with E-state index in [-0.39, 0.29) is 17.1 Å². The molecule has 19 heavy (non-hydrogen) atoms. The lowest BCUT2D eigenvalue weighted by Crippen LogP contribution is -2.30. The van der Waals surface area contributed by atoms with Crippen LogP contribution >= 0.6 is 23.1 Å². The summed E-state index contributed by atoms with van der Waals surface area (Å²) in [6, 6.07) is 8.33. The predicted molar refractivity (Wildman–Crippen MR) is 77.0 cm³/mol. The molecule has 1 aliphatic rings. The number of halogens is 1. The molecular formula is C14H12FNOS2. The van der Waals surface area contributed by atoms with Crippen molar-refractivity contribution in [3.05, 3.63) is 58.0 Å². The Morgan fingerprint density at radius 2 is 2.26 bits per heavy atom. The molecule has 0 bridgehead atoms. The minimum atomic E-state index is -0.257. The fourth-order valence-corrected chi connectivity index (χ4v) is 4.04. The van der Waals surface area contributed by atoms with Gasteiger partial charge < -0.3 is 4.90 Å². The number of carbonyl (C=O) groups is 1. The van der Waals surface area contributed by atoms with E-state index in [2.05, 4.69) is 0 Å². The number of hydrogen-bond acceptors (Lipinski definition) is 3. The molecular weight excluding hydrogens is 281 g/mol. The third kappa shape index (κ3) is 2.53. The van der Waals surface area contributed by atoms with Crippen molar-refractivity contribution in [1.29, 1.82) is 0 Å². The molecule has 0 N–H and O–H groups in total. The van der Waals surface area contributed by atoms with Gasteiger partial charge in [0.15, 0.2) is 0 Å². The Labute approximate surface area is 119 Å². The van der Waals surface area contributed by atoms with Crippen molar-refractivity contribution < 1.29 is 9.18 Å². The van der Waals surface area contributed by atoms with E-state index in [1.807, 2.05) is 27.8 Å². The van der Waals surface area contributed by atoms with Gasteiger partial charge in [0.25, 0.3) is 5.91 Å². The van der Waals surface area contributed by atoms with E-state index in [1.165, 1.54) is 23.5 Å². The molecule has 1 fully saturated rings. The molecule has 1 saturated heterocycles. The second kappa shape index (κ2) is 5.35. The van der Waals surface area contributed by atoms with Crippen LogP contribution in [0.25, 0.3) is 0 Å². The largest absolute Gasteiger partial charge is 0.322 e. The topological polar surface area (TPSA) is 20.3 Å². The number of benzene rings is 1. The normalized spacial score (nSPS) is 18.8. The first-order valence-electron chi connectivity index (χ1n) is 5.96. The van der Waals surface area contributed by atoms with Gasteiger partial charge in [0.1, 0.15) is 11.2 Å². The molecule has 0 radical (unpaired) electrons. The van der Waals surface area contributed by atoms with Crippen LogP contribution in [0.1, 0.15) is 21.3 Å². The Morgan fingerprint density at radius 3 is 3.00 bits per heavy atom. The number of nitrogens with zero attached hydrogens (tertiary/aromatic N) is 1. The Kier molecular flexibility index (Phi) is 3.57. The Morgan fingerprint density at radius 1 is 1.37 bits per heavy atom. The lowest BCUT2D eigenvalue weighted by molar-refractivity contribution is 0.0760. The van der Waals surface area contributed by atoms with Gasteiger partial charge in [0.05, 0.1) is 5.56 Å². The highest BCUT2D eigenvalue weighted by molar-refractivity contribution is 7.99. The molecule has 1 aliphatic heterocycles. The number of thioether (sulfide) groups is 1. The van der Waals surface area contributed by atoms with Crippen LogP contribution in [-0.2, 0) is 0 Å². The first kappa shape index (κ1) is 12.7.